The van der Waals surface area contributed by atoms with E-state index in [1.807, 2.05) is 0 Å². The van der Waals surface area contributed by atoms with Crippen LogP contribution in [0.4, 0.5) is 5.82 Å². The summed E-state index contributed by atoms with van der Waals surface area (Å²) in [6.07, 6.45) is 0.763. The van der Waals surface area contributed by atoms with Crippen LogP contribution >= 0.6 is 0 Å². The molecule has 0 bridgehead atoms. The largest absolute Gasteiger partial charge is 0.494 e. The molecule has 3 N–H and O–H groups in total. The smallest absolute Gasteiger partial charge is 0.262 e. The van der Waals surface area contributed by atoms with E-state index in [9.17, 15) is 14.4 Å². The summed E-state index contributed by atoms with van der Waals surface area (Å²) in [4.78, 5) is 35.8. The first-order chi connectivity index (χ1) is 12.0. The summed E-state index contributed by atoms with van der Waals surface area (Å²) in [6, 6.07) is 7.83. The van der Waals surface area contributed by atoms with Crippen molar-refractivity contribution in [3.05, 3.63) is 51.8 Å². The summed E-state index contributed by atoms with van der Waals surface area (Å²) in [5.41, 5.74) is 5.98. The predicted molar refractivity (Wildman–Crippen MR) is 90.2 cm³/mol. The van der Waals surface area contributed by atoms with Gasteiger partial charge in [0.15, 0.2) is 0 Å². The van der Waals surface area contributed by atoms with Crippen molar-refractivity contribution in [1.82, 2.24) is 9.88 Å². The number of pyridine rings is 1. The van der Waals surface area contributed by atoms with Gasteiger partial charge in [-0.05, 0) is 24.3 Å². The number of rotatable bonds is 6. The SMILES string of the molecule is COCCCOc1ccc(-n2c(N)c3c(cc2=O)C(=O)NC3=O)cc1. The van der Waals surface area contributed by atoms with E-state index in [0.29, 0.717) is 24.7 Å². The highest BCUT2D eigenvalue weighted by Gasteiger charge is 2.31. The van der Waals surface area contributed by atoms with Crippen molar-refractivity contribution in [3.8, 4) is 11.4 Å². The number of hydrogen-bond acceptors (Lipinski definition) is 6. The lowest BCUT2D eigenvalue weighted by Gasteiger charge is -2.12. The minimum absolute atomic E-state index is 0.00171. The Hall–Kier alpha value is -3.13. The zero-order chi connectivity index (χ0) is 18.0. The molecule has 0 unspecified atom stereocenters. The lowest BCUT2D eigenvalue weighted by molar-refractivity contribution is 0.0880. The van der Waals surface area contributed by atoms with Gasteiger partial charge >= 0.3 is 0 Å². The molecule has 25 heavy (non-hydrogen) atoms. The number of nitrogens with one attached hydrogen (secondary N) is 1. The van der Waals surface area contributed by atoms with Crippen LogP contribution in [-0.4, -0.2) is 36.7 Å². The van der Waals surface area contributed by atoms with Crippen molar-refractivity contribution in [3.63, 3.8) is 0 Å². The molecule has 0 radical (unpaired) electrons. The molecule has 2 aromatic rings. The molecule has 0 atom stereocenters. The predicted octanol–water partition coefficient (Wildman–Crippen LogP) is 0.719. The summed E-state index contributed by atoms with van der Waals surface area (Å²) < 4.78 is 11.7. The number of carbonyl (C=O) groups is 2. The second kappa shape index (κ2) is 6.78. The van der Waals surface area contributed by atoms with Crippen LogP contribution in [0.15, 0.2) is 35.1 Å². The van der Waals surface area contributed by atoms with Crippen LogP contribution in [0.2, 0.25) is 0 Å². The Morgan fingerprint density at radius 2 is 1.80 bits per heavy atom. The van der Waals surface area contributed by atoms with Gasteiger partial charge in [0, 0.05) is 26.2 Å². The first kappa shape index (κ1) is 16.7. The fourth-order valence-corrected chi connectivity index (χ4v) is 2.63. The summed E-state index contributed by atoms with van der Waals surface area (Å²) in [5.74, 6) is -0.653. The number of methoxy groups -OCH3 is 1. The van der Waals surface area contributed by atoms with Crippen molar-refractivity contribution >= 4 is 17.6 Å². The second-order valence-corrected chi connectivity index (χ2v) is 5.46. The van der Waals surface area contributed by atoms with Gasteiger partial charge in [0.2, 0.25) is 0 Å². The zero-order valence-corrected chi connectivity index (χ0v) is 13.6. The molecular weight excluding hydrogens is 326 g/mol. The van der Waals surface area contributed by atoms with Gasteiger partial charge in [-0.25, -0.2) is 0 Å². The van der Waals surface area contributed by atoms with Crippen molar-refractivity contribution in [2.75, 3.05) is 26.1 Å². The van der Waals surface area contributed by atoms with Gasteiger partial charge in [0.05, 0.1) is 23.4 Å². The number of anilines is 1. The highest BCUT2D eigenvalue weighted by molar-refractivity contribution is 6.23. The van der Waals surface area contributed by atoms with Gasteiger partial charge in [-0.15, -0.1) is 0 Å². The summed E-state index contributed by atoms with van der Waals surface area (Å²) in [5, 5.41) is 2.13. The Kier molecular flexibility index (Phi) is 4.53. The number of benzene rings is 1. The Labute approximate surface area is 143 Å². The van der Waals surface area contributed by atoms with E-state index in [4.69, 9.17) is 15.2 Å². The maximum absolute atomic E-state index is 12.3. The fraction of sp³-hybridized carbons (Fsp3) is 0.235. The Morgan fingerprint density at radius 3 is 2.48 bits per heavy atom. The number of fused-ring (bicyclic) bond motifs is 1. The number of imide groups is 1. The number of hydrogen-bond donors (Lipinski definition) is 2. The van der Waals surface area contributed by atoms with E-state index in [-0.39, 0.29) is 16.9 Å². The molecule has 0 aliphatic carbocycles. The molecule has 1 aromatic heterocycles. The van der Waals surface area contributed by atoms with Crippen molar-refractivity contribution in [2.24, 2.45) is 0 Å². The molecule has 8 heteroatoms. The topological polar surface area (TPSA) is 113 Å². The van der Waals surface area contributed by atoms with E-state index in [2.05, 4.69) is 5.32 Å². The minimum Gasteiger partial charge on any atom is -0.494 e. The van der Waals surface area contributed by atoms with Gasteiger partial charge in [-0.3, -0.25) is 24.3 Å². The fourth-order valence-electron chi connectivity index (χ4n) is 2.63. The van der Waals surface area contributed by atoms with Crippen LogP contribution in [0.3, 0.4) is 0 Å². The molecule has 0 saturated heterocycles. The normalized spacial score (nSPS) is 12.8. The minimum atomic E-state index is -0.615. The van der Waals surface area contributed by atoms with Gasteiger partial charge in [0.25, 0.3) is 17.4 Å². The van der Waals surface area contributed by atoms with Crippen molar-refractivity contribution in [1.29, 1.82) is 0 Å². The maximum atomic E-state index is 12.3. The van der Waals surface area contributed by atoms with E-state index in [1.54, 1.807) is 31.4 Å². The van der Waals surface area contributed by atoms with Crippen molar-refractivity contribution in [2.45, 2.75) is 6.42 Å². The van der Waals surface area contributed by atoms with E-state index >= 15 is 0 Å². The summed E-state index contributed by atoms with van der Waals surface area (Å²) in [6.45, 7) is 1.12. The Balaban J connectivity index is 1.90. The van der Waals surface area contributed by atoms with Crippen molar-refractivity contribution < 1.29 is 19.1 Å². The van der Waals surface area contributed by atoms with Gasteiger partial charge < -0.3 is 15.2 Å². The molecule has 1 aromatic carbocycles. The Bertz CT molecular complexity index is 886. The number of nitrogen functional groups attached to an aromatic ring is 1. The van der Waals surface area contributed by atoms with E-state index in [1.165, 1.54) is 4.57 Å². The number of nitrogens with two attached hydrogens (primary N) is 1. The average molecular weight is 343 g/mol. The van der Waals surface area contributed by atoms with E-state index < -0.39 is 17.4 Å². The molecule has 1 aliphatic rings. The lowest BCUT2D eigenvalue weighted by atomic mass is 10.1. The molecule has 8 nitrogen and oxygen atoms in total. The van der Waals surface area contributed by atoms with Gasteiger partial charge in [-0.1, -0.05) is 0 Å². The lowest BCUT2D eigenvalue weighted by Crippen LogP contribution is -2.24. The first-order valence-corrected chi connectivity index (χ1v) is 7.66. The third-order valence-electron chi connectivity index (χ3n) is 3.81. The number of ether oxygens (including phenoxy) is 2. The Morgan fingerprint density at radius 1 is 1.08 bits per heavy atom. The zero-order valence-electron chi connectivity index (χ0n) is 13.6. The quantitative estimate of drug-likeness (QED) is 0.590. The van der Waals surface area contributed by atoms with E-state index in [0.717, 1.165) is 12.5 Å². The molecule has 2 heterocycles. The average Bonchev–Trinajstić information content (AvgIpc) is 2.87. The third kappa shape index (κ3) is 3.11. The van der Waals surface area contributed by atoms with Crippen LogP contribution in [0.5, 0.6) is 5.75 Å². The van der Waals surface area contributed by atoms with Crippen LogP contribution < -0.4 is 21.3 Å². The van der Waals surface area contributed by atoms with Crippen LogP contribution in [0, 0.1) is 0 Å². The third-order valence-corrected chi connectivity index (χ3v) is 3.81. The number of nitrogens with zero attached hydrogens (tertiary/aromatic N) is 1. The van der Waals surface area contributed by atoms with Gasteiger partial charge in [-0.2, -0.15) is 0 Å². The van der Waals surface area contributed by atoms with Crippen LogP contribution in [0.25, 0.3) is 5.69 Å². The summed E-state index contributed by atoms with van der Waals surface area (Å²) >= 11 is 0. The van der Waals surface area contributed by atoms with Crippen LogP contribution in [-0.2, 0) is 4.74 Å². The van der Waals surface area contributed by atoms with Gasteiger partial charge in [0.1, 0.15) is 11.6 Å². The maximum Gasteiger partial charge on any atom is 0.262 e. The number of aromatic nitrogens is 1. The molecule has 0 saturated carbocycles. The molecule has 2 amide bonds. The summed E-state index contributed by atoms with van der Waals surface area (Å²) in [7, 11) is 1.63. The first-order valence-electron chi connectivity index (χ1n) is 7.66. The highest BCUT2D eigenvalue weighted by atomic mass is 16.5. The number of amides is 2. The highest BCUT2D eigenvalue weighted by Crippen LogP contribution is 2.23. The molecule has 3 rings (SSSR count). The number of carbonyl (C=O) groups excluding carboxylic acids is 2. The molecule has 130 valence electrons. The molecular formula is C17H17N3O5. The second-order valence-electron chi connectivity index (χ2n) is 5.46. The molecule has 0 spiro atoms. The molecule has 0 fully saturated rings. The monoisotopic (exact) mass is 343 g/mol. The molecule has 1 aliphatic heterocycles. The standard InChI is InChI=1S/C17H17N3O5/c1-24-7-2-8-25-11-5-3-10(4-6-11)20-13(21)9-12-14(15(20)18)17(23)19-16(12)22/h3-6,9H,2,7-8,18H2,1H3,(H,19,22,23). The van der Waals surface area contributed by atoms with Crippen LogP contribution in [0.1, 0.15) is 27.1 Å².